The molecular formula is C35H34O9. The molecule has 0 N–H and O–H groups in total. The molecule has 0 aromatic heterocycles. The summed E-state index contributed by atoms with van der Waals surface area (Å²) < 4.78 is 26.4. The van der Waals surface area contributed by atoms with Crippen LogP contribution in [0.15, 0.2) is 103 Å². The maximum Gasteiger partial charge on any atom is 0.338 e. The van der Waals surface area contributed by atoms with E-state index >= 15 is 0 Å². The SMILES string of the molecule is C=C(C)C(=O)OCCOC(=O)c1ccc(-c2ccc(OC(=O)C(=C)C)c(-c3ccc(OCCOC(=O)C(=C)C)cc3)c2)cc1. The third-order valence-corrected chi connectivity index (χ3v) is 5.98. The van der Waals surface area contributed by atoms with Crippen molar-refractivity contribution in [2.45, 2.75) is 20.8 Å². The third kappa shape index (κ3) is 9.55. The van der Waals surface area contributed by atoms with E-state index < -0.39 is 23.9 Å². The van der Waals surface area contributed by atoms with Crippen molar-refractivity contribution in [1.29, 1.82) is 0 Å². The molecule has 44 heavy (non-hydrogen) atoms. The molecule has 0 radical (unpaired) electrons. The van der Waals surface area contributed by atoms with E-state index in [-0.39, 0.29) is 37.6 Å². The van der Waals surface area contributed by atoms with E-state index in [0.29, 0.717) is 28.2 Å². The van der Waals surface area contributed by atoms with Gasteiger partial charge in [0.25, 0.3) is 0 Å². The Morgan fingerprint density at radius 3 is 1.64 bits per heavy atom. The average Bonchev–Trinajstić information content (AvgIpc) is 3.01. The number of carbonyl (C=O) groups is 4. The molecule has 0 saturated heterocycles. The molecule has 0 aliphatic rings. The lowest BCUT2D eigenvalue weighted by Crippen LogP contribution is -2.14. The molecule has 0 unspecified atom stereocenters. The maximum absolute atomic E-state index is 12.4. The van der Waals surface area contributed by atoms with Gasteiger partial charge in [-0.1, -0.05) is 50.1 Å². The van der Waals surface area contributed by atoms with Gasteiger partial charge in [0.1, 0.15) is 37.9 Å². The molecule has 0 spiro atoms. The number of ether oxygens (including phenoxy) is 5. The van der Waals surface area contributed by atoms with Gasteiger partial charge in [0.05, 0.1) is 5.56 Å². The van der Waals surface area contributed by atoms with Crippen LogP contribution in [0.1, 0.15) is 31.1 Å². The smallest absolute Gasteiger partial charge is 0.338 e. The quantitative estimate of drug-likeness (QED) is 0.0696. The zero-order chi connectivity index (χ0) is 32.2. The van der Waals surface area contributed by atoms with Crippen molar-refractivity contribution in [2.24, 2.45) is 0 Å². The zero-order valence-corrected chi connectivity index (χ0v) is 25.0. The zero-order valence-electron chi connectivity index (χ0n) is 25.0. The van der Waals surface area contributed by atoms with E-state index in [1.807, 2.05) is 18.2 Å². The summed E-state index contributed by atoms with van der Waals surface area (Å²) >= 11 is 0. The Balaban J connectivity index is 1.75. The minimum Gasteiger partial charge on any atom is -0.490 e. The molecule has 3 aromatic rings. The average molecular weight is 599 g/mol. The molecule has 9 nitrogen and oxygen atoms in total. The molecule has 0 bridgehead atoms. The molecule has 0 atom stereocenters. The van der Waals surface area contributed by atoms with E-state index in [9.17, 15) is 19.2 Å². The Kier molecular flexibility index (Phi) is 11.8. The predicted molar refractivity (Wildman–Crippen MR) is 165 cm³/mol. The second kappa shape index (κ2) is 15.7. The number of benzene rings is 3. The molecule has 0 saturated carbocycles. The minimum absolute atomic E-state index is 0.0709. The Bertz CT molecular complexity index is 1560. The Labute approximate surface area is 256 Å². The van der Waals surface area contributed by atoms with Crippen LogP contribution >= 0.6 is 0 Å². The van der Waals surface area contributed by atoms with Crippen LogP contribution in [0.2, 0.25) is 0 Å². The molecule has 9 heteroatoms. The standard InChI is InChI=1S/C35H34O9/c1-22(2)32(36)41-18-17-40-29-14-11-26(12-15-29)30-21-28(13-16-31(30)44-34(38)24(5)6)25-7-9-27(10-8-25)35(39)43-20-19-42-33(37)23(3)4/h7-16,21H,1,3,5,17-20H2,2,4,6H3. The first-order chi connectivity index (χ1) is 21.0. The molecular weight excluding hydrogens is 564 g/mol. The van der Waals surface area contributed by atoms with Crippen molar-refractivity contribution >= 4 is 23.9 Å². The van der Waals surface area contributed by atoms with Crippen LogP contribution in [-0.4, -0.2) is 50.3 Å². The Morgan fingerprint density at radius 1 is 0.568 bits per heavy atom. The second-order valence-electron chi connectivity index (χ2n) is 9.80. The highest BCUT2D eigenvalue weighted by atomic mass is 16.6. The lowest BCUT2D eigenvalue weighted by molar-refractivity contribution is -0.140. The van der Waals surface area contributed by atoms with Crippen molar-refractivity contribution in [3.8, 4) is 33.8 Å². The number of hydrogen-bond donors (Lipinski definition) is 0. The summed E-state index contributed by atoms with van der Waals surface area (Å²) in [7, 11) is 0. The maximum atomic E-state index is 12.4. The van der Waals surface area contributed by atoms with Crippen LogP contribution in [0.3, 0.4) is 0 Å². The number of rotatable bonds is 14. The fourth-order valence-electron chi connectivity index (χ4n) is 3.63. The van der Waals surface area contributed by atoms with Crippen LogP contribution in [0, 0.1) is 0 Å². The normalized spacial score (nSPS) is 10.2. The summed E-state index contributed by atoms with van der Waals surface area (Å²) in [4.78, 5) is 47.7. The molecule has 3 rings (SSSR count). The molecule has 0 amide bonds. The van der Waals surface area contributed by atoms with Gasteiger partial charge < -0.3 is 23.7 Å². The number of esters is 4. The second-order valence-corrected chi connectivity index (χ2v) is 9.80. The first-order valence-corrected chi connectivity index (χ1v) is 13.6. The van der Waals surface area contributed by atoms with Crippen molar-refractivity contribution in [1.82, 2.24) is 0 Å². The number of carbonyl (C=O) groups excluding carboxylic acids is 4. The molecule has 3 aromatic carbocycles. The summed E-state index contributed by atoms with van der Waals surface area (Å²) in [5, 5.41) is 0. The van der Waals surface area contributed by atoms with Crippen molar-refractivity contribution in [3.63, 3.8) is 0 Å². The lowest BCUT2D eigenvalue weighted by atomic mass is 9.97. The minimum atomic E-state index is -0.555. The van der Waals surface area contributed by atoms with Crippen molar-refractivity contribution in [3.05, 3.63) is 109 Å². The Morgan fingerprint density at radius 2 is 1.07 bits per heavy atom. The van der Waals surface area contributed by atoms with Gasteiger partial charge in [-0.3, -0.25) is 0 Å². The molecule has 0 aliphatic carbocycles. The van der Waals surface area contributed by atoms with Crippen LogP contribution < -0.4 is 9.47 Å². The molecule has 228 valence electrons. The summed E-state index contributed by atoms with van der Waals surface area (Å²) in [5.41, 5.74) is 4.18. The Hall–Kier alpha value is -5.44. The van der Waals surface area contributed by atoms with Gasteiger partial charge in [-0.25, -0.2) is 19.2 Å². The highest BCUT2D eigenvalue weighted by molar-refractivity contribution is 5.92. The van der Waals surface area contributed by atoms with Gasteiger partial charge in [0, 0.05) is 22.3 Å². The van der Waals surface area contributed by atoms with Crippen molar-refractivity contribution < 1.29 is 42.9 Å². The van der Waals surface area contributed by atoms with Crippen LogP contribution in [-0.2, 0) is 28.6 Å². The predicted octanol–water partition coefficient (Wildman–Crippen LogP) is 6.28. The summed E-state index contributed by atoms with van der Waals surface area (Å²) in [6.07, 6.45) is 0. The molecule has 0 aliphatic heterocycles. The fraction of sp³-hybridized carbons (Fsp3) is 0.200. The highest BCUT2D eigenvalue weighted by Gasteiger charge is 2.15. The highest BCUT2D eigenvalue weighted by Crippen LogP contribution is 2.36. The van der Waals surface area contributed by atoms with Gasteiger partial charge in [-0.05, 0) is 73.9 Å². The first kappa shape index (κ1) is 33.1. The van der Waals surface area contributed by atoms with Gasteiger partial charge in [-0.2, -0.15) is 0 Å². The van der Waals surface area contributed by atoms with E-state index in [4.69, 9.17) is 23.7 Å². The third-order valence-electron chi connectivity index (χ3n) is 5.98. The molecule has 0 fully saturated rings. The van der Waals surface area contributed by atoms with Crippen LogP contribution in [0.4, 0.5) is 0 Å². The van der Waals surface area contributed by atoms with E-state index in [0.717, 1.165) is 16.7 Å². The van der Waals surface area contributed by atoms with Crippen molar-refractivity contribution in [2.75, 3.05) is 26.4 Å². The fourth-order valence-corrected chi connectivity index (χ4v) is 3.63. The van der Waals surface area contributed by atoms with Crippen LogP contribution in [0.25, 0.3) is 22.3 Å². The monoisotopic (exact) mass is 598 g/mol. The van der Waals surface area contributed by atoms with Gasteiger partial charge >= 0.3 is 23.9 Å². The van der Waals surface area contributed by atoms with E-state index in [1.165, 1.54) is 6.92 Å². The summed E-state index contributed by atoms with van der Waals surface area (Å²) in [5.74, 6) is -1.23. The van der Waals surface area contributed by atoms with Gasteiger partial charge in [0.15, 0.2) is 0 Å². The first-order valence-electron chi connectivity index (χ1n) is 13.6. The lowest BCUT2D eigenvalue weighted by Gasteiger charge is -2.14. The molecule has 0 heterocycles. The van der Waals surface area contributed by atoms with Gasteiger partial charge in [0.2, 0.25) is 0 Å². The largest absolute Gasteiger partial charge is 0.490 e. The van der Waals surface area contributed by atoms with E-state index in [2.05, 4.69) is 19.7 Å². The topological polar surface area (TPSA) is 114 Å². The van der Waals surface area contributed by atoms with Gasteiger partial charge in [-0.15, -0.1) is 0 Å². The summed E-state index contributed by atoms with van der Waals surface area (Å²) in [6, 6.07) is 19.3. The van der Waals surface area contributed by atoms with E-state index in [1.54, 1.807) is 62.4 Å². The van der Waals surface area contributed by atoms with Crippen LogP contribution in [0.5, 0.6) is 11.5 Å². The summed E-state index contributed by atoms with van der Waals surface area (Å²) in [6.45, 7) is 15.5. The number of hydrogen-bond acceptors (Lipinski definition) is 9.